The molecule has 3 rings (SSSR count). The summed E-state index contributed by atoms with van der Waals surface area (Å²) in [6.45, 7) is 0. The van der Waals surface area contributed by atoms with Crippen LogP contribution in [0.1, 0.15) is 32.1 Å². The van der Waals surface area contributed by atoms with Gasteiger partial charge in [0.25, 0.3) is 0 Å². The summed E-state index contributed by atoms with van der Waals surface area (Å²) < 4.78 is 32.9. The molecule has 0 amide bonds. The molecule has 0 saturated heterocycles. The Morgan fingerprint density at radius 2 is 1.95 bits per heavy atom. The van der Waals surface area contributed by atoms with Gasteiger partial charge in [-0.1, -0.05) is 25.3 Å². The largest absolute Gasteiger partial charge is 0.495 e. The van der Waals surface area contributed by atoms with Crippen molar-refractivity contribution < 1.29 is 13.2 Å². The highest BCUT2D eigenvalue weighted by molar-refractivity contribution is 7.89. The summed E-state index contributed by atoms with van der Waals surface area (Å²) in [5, 5.41) is 3.33. The highest BCUT2D eigenvalue weighted by atomic mass is 32.2. The zero-order chi connectivity index (χ0) is 14.2. The van der Waals surface area contributed by atoms with Crippen LogP contribution < -0.4 is 14.8 Å². The van der Waals surface area contributed by atoms with Crippen LogP contribution in [0.25, 0.3) is 0 Å². The molecule has 1 fully saturated rings. The van der Waals surface area contributed by atoms with Crippen molar-refractivity contribution in [2.45, 2.75) is 43.2 Å². The van der Waals surface area contributed by atoms with Crippen LogP contribution in [0, 0.1) is 5.92 Å². The highest BCUT2D eigenvalue weighted by Gasteiger charge is 2.36. The minimum Gasteiger partial charge on any atom is -0.495 e. The van der Waals surface area contributed by atoms with Crippen LogP contribution in [0.3, 0.4) is 0 Å². The van der Waals surface area contributed by atoms with E-state index >= 15 is 0 Å². The molecule has 1 heterocycles. The molecule has 0 bridgehead atoms. The van der Waals surface area contributed by atoms with E-state index in [-0.39, 0.29) is 11.1 Å². The first-order chi connectivity index (χ1) is 9.62. The molecule has 2 N–H and O–H groups in total. The maximum atomic E-state index is 12.5. The van der Waals surface area contributed by atoms with Crippen LogP contribution in [0.15, 0.2) is 23.1 Å². The maximum Gasteiger partial charge on any atom is 0.248 e. The van der Waals surface area contributed by atoms with Crippen molar-refractivity contribution in [2.24, 2.45) is 5.92 Å². The number of methoxy groups -OCH3 is 1. The zero-order valence-corrected chi connectivity index (χ0v) is 12.4. The standard InChI is InChI=1S/C14H20N2O3S/c1-19-12-9-5-8-11-13(12)20(17,18)16-14(15-11)10-6-3-2-4-7-10/h5,8-10,14-16H,2-4,6-7H2,1H3. The predicted molar refractivity (Wildman–Crippen MR) is 77.3 cm³/mol. The van der Waals surface area contributed by atoms with Crippen LogP contribution in [-0.2, 0) is 10.0 Å². The molecule has 5 nitrogen and oxygen atoms in total. The number of benzene rings is 1. The molecule has 0 radical (unpaired) electrons. The second-order valence-corrected chi connectivity index (χ2v) is 7.13. The summed E-state index contributed by atoms with van der Waals surface area (Å²) in [6, 6.07) is 5.27. The first-order valence-electron chi connectivity index (χ1n) is 7.08. The van der Waals surface area contributed by atoms with Gasteiger partial charge in [0.1, 0.15) is 10.6 Å². The molecular weight excluding hydrogens is 276 g/mol. The third-order valence-electron chi connectivity index (χ3n) is 4.18. The van der Waals surface area contributed by atoms with Crippen LogP contribution in [0.2, 0.25) is 0 Å². The normalized spacial score (nSPS) is 25.6. The van der Waals surface area contributed by atoms with Gasteiger partial charge in [-0.2, -0.15) is 4.72 Å². The number of hydrogen-bond donors (Lipinski definition) is 2. The Kier molecular flexibility index (Phi) is 3.60. The molecule has 1 aromatic rings. The lowest BCUT2D eigenvalue weighted by Gasteiger charge is -2.35. The highest BCUT2D eigenvalue weighted by Crippen LogP contribution is 2.37. The molecule has 0 aromatic heterocycles. The molecule has 110 valence electrons. The number of hydrogen-bond acceptors (Lipinski definition) is 4. The van der Waals surface area contributed by atoms with Gasteiger partial charge in [0.05, 0.1) is 19.0 Å². The van der Waals surface area contributed by atoms with Gasteiger partial charge in [0.2, 0.25) is 10.0 Å². The van der Waals surface area contributed by atoms with E-state index < -0.39 is 10.0 Å². The van der Waals surface area contributed by atoms with Gasteiger partial charge >= 0.3 is 0 Å². The third-order valence-corrected chi connectivity index (χ3v) is 5.70. The SMILES string of the molecule is COc1cccc2c1S(=O)(=O)NC(C1CCCCC1)N2. The maximum absolute atomic E-state index is 12.5. The Labute approximate surface area is 119 Å². The molecule has 1 aliphatic heterocycles. The average Bonchev–Trinajstić information content (AvgIpc) is 2.46. The number of anilines is 1. The van der Waals surface area contributed by atoms with Gasteiger partial charge in [-0.3, -0.25) is 0 Å². The van der Waals surface area contributed by atoms with E-state index in [9.17, 15) is 8.42 Å². The lowest BCUT2D eigenvalue weighted by Crippen LogP contribution is -2.49. The third kappa shape index (κ3) is 2.38. The lowest BCUT2D eigenvalue weighted by atomic mass is 9.87. The topological polar surface area (TPSA) is 67.4 Å². The van der Waals surface area contributed by atoms with Gasteiger partial charge in [-0.05, 0) is 30.9 Å². The fraction of sp³-hybridized carbons (Fsp3) is 0.571. The van der Waals surface area contributed by atoms with Gasteiger partial charge in [0, 0.05) is 0 Å². The van der Waals surface area contributed by atoms with Crippen molar-refractivity contribution in [2.75, 3.05) is 12.4 Å². The van der Waals surface area contributed by atoms with E-state index in [1.54, 1.807) is 12.1 Å². The summed E-state index contributed by atoms with van der Waals surface area (Å²) in [6.07, 6.45) is 5.53. The summed E-state index contributed by atoms with van der Waals surface area (Å²) >= 11 is 0. The second-order valence-electron chi connectivity index (χ2n) is 5.48. The fourth-order valence-electron chi connectivity index (χ4n) is 3.17. The van der Waals surface area contributed by atoms with E-state index in [1.165, 1.54) is 26.4 Å². The van der Waals surface area contributed by atoms with E-state index in [0.29, 0.717) is 17.4 Å². The van der Waals surface area contributed by atoms with Crippen molar-refractivity contribution >= 4 is 15.7 Å². The van der Waals surface area contributed by atoms with Crippen molar-refractivity contribution in [1.82, 2.24) is 4.72 Å². The van der Waals surface area contributed by atoms with Gasteiger partial charge in [0.15, 0.2) is 0 Å². The quantitative estimate of drug-likeness (QED) is 0.879. The smallest absolute Gasteiger partial charge is 0.248 e. The molecule has 1 atom stereocenters. The van der Waals surface area contributed by atoms with Crippen molar-refractivity contribution in [1.29, 1.82) is 0 Å². The lowest BCUT2D eigenvalue weighted by molar-refractivity contribution is 0.305. The molecule has 1 aromatic carbocycles. The molecular formula is C14H20N2O3S. The number of nitrogens with one attached hydrogen (secondary N) is 2. The minimum atomic E-state index is -3.52. The first-order valence-corrected chi connectivity index (χ1v) is 8.56. The van der Waals surface area contributed by atoms with Crippen molar-refractivity contribution in [3.63, 3.8) is 0 Å². The molecule has 1 aliphatic carbocycles. The van der Waals surface area contributed by atoms with E-state index in [1.807, 2.05) is 6.07 Å². The number of rotatable bonds is 2. The Hall–Kier alpha value is -1.27. The molecule has 6 heteroatoms. The Bertz CT molecular complexity index is 594. The molecule has 0 spiro atoms. The monoisotopic (exact) mass is 296 g/mol. The van der Waals surface area contributed by atoms with Crippen LogP contribution in [0.4, 0.5) is 5.69 Å². The summed E-state index contributed by atoms with van der Waals surface area (Å²) in [7, 11) is -2.04. The van der Waals surface area contributed by atoms with Crippen LogP contribution in [0.5, 0.6) is 5.75 Å². The van der Waals surface area contributed by atoms with E-state index in [0.717, 1.165) is 12.8 Å². The number of sulfonamides is 1. The zero-order valence-electron chi connectivity index (χ0n) is 11.6. The number of ether oxygens (including phenoxy) is 1. The van der Waals surface area contributed by atoms with E-state index in [2.05, 4.69) is 10.0 Å². The Balaban J connectivity index is 1.95. The van der Waals surface area contributed by atoms with Gasteiger partial charge in [-0.25, -0.2) is 8.42 Å². The molecule has 2 aliphatic rings. The summed E-state index contributed by atoms with van der Waals surface area (Å²) in [4.78, 5) is 0.217. The fourth-order valence-corrected chi connectivity index (χ4v) is 4.71. The molecule has 1 unspecified atom stereocenters. The second kappa shape index (κ2) is 5.26. The Morgan fingerprint density at radius 3 is 2.65 bits per heavy atom. The van der Waals surface area contributed by atoms with E-state index in [4.69, 9.17) is 4.74 Å². The first kappa shape index (κ1) is 13.7. The van der Waals surface area contributed by atoms with Crippen LogP contribution >= 0.6 is 0 Å². The van der Waals surface area contributed by atoms with Crippen LogP contribution in [-0.4, -0.2) is 21.7 Å². The number of fused-ring (bicyclic) bond motifs is 1. The average molecular weight is 296 g/mol. The van der Waals surface area contributed by atoms with Crippen molar-refractivity contribution in [3.8, 4) is 5.75 Å². The summed E-state index contributed by atoms with van der Waals surface area (Å²) in [5.41, 5.74) is 0.638. The molecule has 20 heavy (non-hydrogen) atoms. The van der Waals surface area contributed by atoms with Crippen molar-refractivity contribution in [3.05, 3.63) is 18.2 Å². The van der Waals surface area contributed by atoms with Gasteiger partial charge < -0.3 is 10.1 Å². The minimum absolute atomic E-state index is 0.208. The summed E-state index contributed by atoms with van der Waals surface area (Å²) in [5.74, 6) is 0.738. The Morgan fingerprint density at radius 1 is 1.20 bits per heavy atom. The predicted octanol–water partition coefficient (Wildman–Crippen LogP) is 2.31. The van der Waals surface area contributed by atoms with Gasteiger partial charge in [-0.15, -0.1) is 0 Å². The molecule has 1 saturated carbocycles.